The van der Waals surface area contributed by atoms with E-state index in [9.17, 15) is 9.59 Å². The Kier molecular flexibility index (Phi) is 4.79. The molecule has 110 valence electrons. The second kappa shape index (κ2) is 6.56. The third-order valence-corrected chi connectivity index (χ3v) is 3.73. The number of aliphatic carboxylic acids is 1. The van der Waals surface area contributed by atoms with Crippen molar-refractivity contribution >= 4 is 11.9 Å². The first kappa shape index (κ1) is 14.6. The summed E-state index contributed by atoms with van der Waals surface area (Å²) < 4.78 is 1.96. The summed E-state index contributed by atoms with van der Waals surface area (Å²) in [4.78, 5) is 23.2. The summed E-state index contributed by atoms with van der Waals surface area (Å²) in [6, 6.07) is 3.04. The number of aromatic nitrogens is 1. The molecule has 1 amide bonds. The molecule has 1 fully saturated rings. The van der Waals surface area contributed by atoms with Gasteiger partial charge in [-0.25, -0.2) is 4.79 Å². The Bertz CT molecular complexity index is 478. The number of amides is 1. The van der Waals surface area contributed by atoms with Crippen molar-refractivity contribution in [3.8, 4) is 0 Å². The largest absolute Gasteiger partial charge is 0.480 e. The molecule has 0 aliphatic carbocycles. The van der Waals surface area contributed by atoms with Crippen LogP contribution in [0.25, 0.3) is 0 Å². The lowest BCUT2D eigenvalue weighted by Crippen LogP contribution is -2.41. The van der Waals surface area contributed by atoms with Crippen LogP contribution in [0.4, 0.5) is 0 Å². The molecule has 1 saturated heterocycles. The molecule has 0 radical (unpaired) electrons. The molecule has 0 saturated carbocycles. The Hall–Kier alpha value is -1.82. The molecule has 2 heterocycles. The van der Waals surface area contributed by atoms with Gasteiger partial charge in [-0.05, 0) is 44.5 Å². The van der Waals surface area contributed by atoms with Crippen molar-refractivity contribution in [3.05, 3.63) is 24.0 Å². The van der Waals surface area contributed by atoms with Crippen LogP contribution in [-0.4, -0.2) is 40.7 Å². The molecular formula is C14H21N3O3. The molecular weight excluding hydrogens is 258 g/mol. The Morgan fingerprint density at radius 2 is 2.20 bits per heavy atom. The monoisotopic (exact) mass is 279 g/mol. The molecule has 2 rings (SSSR count). The number of hydrogen-bond acceptors (Lipinski definition) is 3. The molecule has 0 bridgehead atoms. The highest BCUT2D eigenvalue weighted by Gasteiger charge is 2.23. The number of carboxylic acids is 1. The number of carbonyl (C=O) groups is 2. The van der Waals surface area contributed by atoms with E-state index >= 15 is 0 Å². The number of rotatable bonds is 5. The van der Waals surface area contributed by atoms with Gasteiger partial charge in [-0.15, -0.1) is 0 Å². The van der Waals surface area contributed by atoms with Crippen LogP contribution in [0.1, 0.15) is 42.7 Å². The maximum absolute atomic E-state index is 12.2. The van der Waals surface area contributed by atoms with Gasteiger partial charge in [-0.1, -0.05) is 6.92 Å². The molecule has 1 aliphatic rings. The van der Waals surface area contributed by atoms with Crippen molar-refractivity contribution in [2.75, 3.05) is 13.1 Å². The zero-order chi connectivity index (χ0) is 14.5. The van der Waals surface area contributed by atoms with E-state index in [0.29, 0.717) is 18.2 Å². The van der Waals surface area contributed by atoms with Crippen molar-refractivity contribution in [1.82, 2.24) is 15.2 Å². The normalized spacial score (nSPS) is 17.6. The second-order valence-corrected chi connectivity index (χ2v) is 5.05. The van der Waals surface area contributed by atoms with Crippen LogP contribution in [0.3, 0.4) is 0 Å². The number of piperidine rings is 1. The standard InChI is InChI=1S/C14H21N3O3/c1-2-11(14(19)20)16-13(18)12-4-3-9-17(12)10-5-7-15-8-6-10/h3-4,9-11,15H,2,5-8H2,1H3,(H,16,18)(H,19,20)/t11-/m0/s1. The quantitative estimate of drug-likeness (QED) is 0.751. The highest BCUT2D eigenvalue weighted by atomic mass is 16.4. The van der Waals surface area contributed by atoms with E-state index in [1.165, 1.54) is 0 Å². The van der Waals surface area contributed by atoms with E-state index in [-0.39, 0.29) is 5.91 Å². The third kappa shape index (κ3) is 3.19. The molecule has 6 nitrogen and oxygen atoms in total. The topological polar surface area (TPSA) is 83.4 Å². The fourth-order valence-corrected chi connectivity index (χ4v) is 2.56. The van der Waals surface area contributed by atoms with Crippen LogP contribution in [0.5, 0.6) is 0 Å². The number of carbonyl (C=O) groups excluding carboxylic acids is 1. The first-order chi connectivity index (χ1) is 9.63. The van der Waals surface area contributed by atoms with Gasteiger partial charge < -0.3 is 20.3 Å². The highest BCUT2D eigenvalue weighted by molar-refractivity contribution is 5.95. The molecule has 0 unspecified atom stereocenters. The summed E-state index contributed by atoms with van der Waals surface area (Å²) in [5.74, 6) is -1.32. The molecule has 1 atom stereocenters. The van der Waals surface area contributed by atoms with Crippen LogP contribution in [-0.2, 0) is 4.79 Å². The van der Waals surface area contributed by atoms with Crippen LogP contribution in [0, 0.1) is 0 Å². The van der Waals surface area contributed by atoms with Crippen LogP contribution in [0.2, 0.25) is 0 Å². The molecule has 20 heavy (non-hydrogen) atoms. The van der Waals surface area contributed by atoms with Gasteiger partial charge >= 0.3 is 5.97 Å². The number of nitrogens with zero attached hydrogens (tertiary/aromatic N) is 1. The van der Waals surface area contributed by atoms with E-state index in [1.807, 2.05) is 16.8 Å². The van der Waals surface area contributed by atoms with Gasteiger partial charge in [0.05, 0.1) is 0 Å². The SMILES string of the molecule is CC[C@H](NC(=O)c1cccn1C1CCNCC1)C(=O)O. The van der Waals surface area contributed by atoms with Gasteiger partial charge in [0.2, 0.25) is 0 Å². The molecule has 1 aromatic rings. The summed E-state index contributed by atoms with van der Waals surface area (Å²) in [6.45, 7) is 3.62. The van der Waals surface area contributed by atoms with Gasteiger partial charge in [0, 0.05) is 12.2 Å². The summed E-state index contributed by atoms with van der Waals surface area (Å²) in [6.07, 6.45) is 4.22. The second-order valence-electron chi connectivity index (χ2n) is 5.05. The van der Waals surface area contributed by atoms with Crippen LogP contribution < -0.4 is 10.6 Å². The zero-order valence-electron chi connectivity index (χ0n) is 11.6. The summed E-state index contributed by atoms with van der Waals surface area (Å²) in [7, 11) is 0. The average molecular weight is 279 g/mol. The summed E-state index contributed by atoms with van der Waals surface area (Å²) in [5.41, 5.74) is 0.539. The van der Waals surface area contributed by atoms with Crippen molar-refractivity contribution in [3.63, 3.8) is 0 Å². The van der Waals surface area contributed by atoms with Crippen molar-refractivity contribution in [1.29, 1.82) is 0 Å². The van der Waals surface area contributed by atoms with Crippen molar-refractivity contribution in [2.45, 2.75) is 38.3 Å². The Labute approximate surface area is 118 Å². The minimum Gasteiger partial charge on any atom is -0.480 e. The maximum Gasteiger partial charge on any atom is 0.326 e. The van der Waals surface area contributed by atoms with Crippen LogP contribution >= 0.6 is 0 Å². The average Bonchev–Trinajstić information content (AvgIpc) is 2.94. The van der Waals surface area contributed by atoms with E-state index in [2.05, 4.69) is 10.6 Å². The van der Waals surface area contributed by atoms with Crippen molar-refractivity contribution < 1.29 is 14.7 Å². The highest BCUT2D eigenvalue weighted by Crippen LogP contribution is 2.21. The zero-order valence-corrected chi connectivity index (χ0v) is 11.6. The fraction of sp³-hybridized carbons (Fsp3) is 0.571. The Morgan fingerprint density at radius 1 is 1.50 bits per heavy atom. The number of nitrogens with one attached hydrogen (secondary N) is 2. The number of carboxylic acid groups (broad SMARTS) is 1. The molecule has 3 N–H and O–H groups in total. The van der Waals surface area contributed by atoms with E-state index in [4.69, 9.17) is 5.11 Å². The van der Waals surface area contributed by atoms with E-state index in [1.54, 1.807) is 13.0 Å². The minimum absolute atomic E-state index is 0.303. The van der Waals surface area contributed by atoms with Crippen molar-refractivity contribution in [2.24, 2.45) is 0 Å². The lowest BCUT2D eigenvalue weighted by Gasteiger charge is -2.26. The van der Waals surface area contributed by atoms with Gasteiger partial charge in [0.25, 0.3) is 5.91 Å². The third-order valence-electron chi connectivity index (χ3n) is 3.73. The van der Waals surface area contributed by atoms with E-state index in [0.717, 1.165) is 25.9 Å². The Morgan fingerprint density at radius 3 is 2.80 bits per heavy atom. The minimum atomic E-state index is -0.999. The fourth-order valence-electron chi connectivity index (χ4n) is 2.56. The molecule has 0 spiro atoms. The van der Waals surface area contributed by atoms with Crippen LogP contribution in [0.15, 0.2) is 18.3 Å². The lowest BCUT2D eigenvalue weighted by molar-refractivity contribution is -0.139. The maximum atomic E-state index is 12.2. The predicted octanol–water partition coefficient (Wildman–Crippen LogP) is 1.01. The first-order valence-electron chi connectivity index (χ1n) is 7.04. The molecule has 6 heteroatoms. The van der Waals surface area contributed by atoms with Gasteiger partial charge in [0.15, 0.2) is 0 Å². The van der Waals surface area contributed by atoms with Gasteiger partial charge in [-0.2, -0.15) is 0 Å². The summed E-state index contributed by atoms with van der Waals surface area (Å²) >= 11 is 0. The van der Waals surface area contributed by atoms with Gasteiger partial charge in [-0.3, -0.25) is 4.79 Å². The van der Waals surface area contributed by atoms with E-state index < -0.39 is 12.0 Å². The number of hydrogen-bond donors (Lipinski definition) is 3. The molecule has 1 aliphatic heterocycles. The van der Waals surface area contributed by atoms with Gasteiger partial charge in [0.1, 0.15) is 11.7 Å². The smallest absolute Gasteiger partial charge is 0.326 e. The lowest BCUT2D eigenvalue weighted by atomic mass is 10.1. The molecule has 0 aromatic carbocycles. The predicted molar refractivity (Wildman–Crippen MR) is 74.8 cm³/mol. The summed E-state index contributed by atoms with van der Waals surface area (Å²) in [5, 5.41) is 14.9. The molecule has 1 aromatic heterocycles. The first-order valence-corrected chi connectivity index (χ1v) is 7.04. The Balaban J connectivity index is 2.10.